The lowest BCUT2D eigenvalue weighted by Crippen LogP contribution is -1.44. The van der Waals surface area contributed by atoms with Crippen molar-refractivity contribution in [3.63, 3.8) is 0 Å². The molecule has 0 amide bonds. The minimum Gasteiger partial charge on any atom is -0.234 e. The van der Waals surface area contributed by atoms with E-state index in [9.17, 15) is 4.79 Å². The molecule has 0 fully saturated rings. The minimum absolute atomic E-state index is 1.26. The maximum atomic E-state index is 9.30. The van der Waals surface area contributed by atoms with Crippen molar-refractivity contribution < 1.29 is 4.79 Å². The van der Waals surface area contributed by atoms with Crippen LogP contribution in [0, 0.1) is 6.92 Å². The molecule has 1 radical (unpaired) electrons. The van der Waals surface area contributed by atoms with E-state index in [4.69, 9.17) is 0 Å². The Kier molecular flexibility index (Phi) is 3.62. The Morgan fingerprint density at radius 1 is 1.67 bits per heavy atom. The molecule has 0 aromatic heterocycles. The highest BCUT2D eigenvalue weighted by Crippen LogP contribution is 1.63. The van der Waals surface area contributed by atoms with Crippen molar-refractivity contribution in [2.24, 2.45) is 0 Å². The van der Waals surface area contributed by atoms with E-state index in [0.29, 0.717) is 0 Å². The highest BCUT2D eigenvalue weighted by atomic mass is 16.1. The quantitative estimate of drug-likeness (QED) is 0.336. The van der Waals surface area contributed by atoms with Gasteiger partial charge in [-0.2, -0.15) is 0 Å². The van der Waals surface area contributed by atoms with E-state index in [2.05, 4.69) is 6.92 Å². The van der Waals surface area contributed by atoms with Crippen LogP contribution >= 0.6 is 0 Å². The molecule has 0 bridgehead atoms. The predicted octanol–water partition coefficient (Wildman–Crippen LogP) is 0.764. The molecule has 0 heterocycles. The molecule has 1 nitrogen and oxygen atoms in total. The van der Waals surface area contributed by atoms with E-state index < -0.39 is 0 Å². The molecule has 31 valence electrons. The molecule has 0 saturated heterocycles. The standard InChI is InChI=1S/C5H5O/c1-2-3-4-5-6/h2-4H,1H2. The minimum atomic E-state index is 1.26. The molecule has 0 unspecified atom stereocenters. The fourth-order valence-corrected chi connectivity index (χ4v) is 0.107. The zero-order valence-corrected chi connectivity index (χ0v) is 3.35. The van der Waals surface area contributed by atoms with Crippen LogP contribution in [0.2, 0.25) is 0 Å². The SMILES string of the molecule is [CH2]C=CC=C=O. The number of rotatable bonds is 1. The van der Waals surface area contributed by atoms with Gasteiger partial charge in [-0.05, 0) is 6.92 Å². The van der Waals surface area contributed by atoms with Gasteiger partial charge in [0, 0.05) is 6.08 Å². The van der Waals surface area contributed by atoms with E-state index in [1.54, 1.807) is 5.94 Å². The van der Waals surface area contributed by atoms with Crippen molar-refractivity contribution in [3.8, 4) is 0 Å². The summed E-state index contributed by atoms with van der Waals surface area (Å²) >= 11 is 0. The van der Waals surface area contributed by atoms with E-state index in [1.807, 2.05) is 0 Å². The summed E-state index contributed by atoms with van der Waals surface area (Å²) in [6.07, 6.45) is 4.30. The summed E-state index contributed by atoms with van der Waals surface area (Å²) in [5.41, 5.74) is 0. The number of hydrogen-bond donors (Lipinski definition) is 0. The molecule has 6 heavy (non-hydrogen) atoms. The first-order chi connectivity index (χ1) is 2.91. The Hall–Kier alpha value is -0.810. The lowest BCUT2D eigenvalue weighted by molar-refractivity contribution is 0.569. The van der Waals surface area contributed by atoms with Crippen molar-refractivity contribution in [1.82, 2.24) is 0 Å². The molecular formula is C5H5O. The highest BCUT2D eigenvalue weighted by Gasteiger charge is 1.49. The molecule has 0 aliphatic heterocycles. The molecule has 0 saturated carbocycles. The Morgan fingerprint density at radius 3 is 2.50 bits per heavy atom. The van der Waals surface area contributed by atoms with Crippen LogP contribution in [0.3, 0.4) is 0 Å². The second kappa shape index (κ2) is 4.19. The van der Waals surface area contributed by atoms with Gasteiger partial charge in [0.1, 0.15) is 5.94 Å². The smallest absolute Gasteiger partial charge is 0.124 e. The molecule has 1 heteroatoms. The van der Waals surface area contributed by atoms with Gasteiger partial charge < -0.3 is 0 Å². The average Bonchev–Trinajstić information content (AvgIpc) is 1.61. The normalized spacial score (nSPS) is 8.17. The first-order valence-corrected chi connectivity index (χ1v) is 1.57. The summed E-state index contributed by atoms with van der Waals surface area (Å²) in [7, 11) is 0. The van der Waals surface area contributed by atoms with Gasteiger partial charge in [-0.3, -0.25) is 0 Å². The molecule has 0 aliphatic carbocycles. The Morgan fingerprint density at radius 2 is 2.33 bits per heavy atom. The van der Waals surface area contributed by atoms with Crippen LogP contribution in [0.25, 0.3) is 0 Å². The van der Waals surface area contributed by atoms with Gasteiger partial charge in [-0.15, -0.1) is 0 Å². The fraction of sp³-hybridized carbons (Fsp3) is 0. The maximum absolute atomic E-state index is 9.30. The van der Waals surface area contributed by atoms with Crippen molar-refractivity contribution >= 4 is 5.94 Å². The monoisotopic (exact) mass is 81.0 g/mol. The van der Waals surface area contributed by atoms with Gasteiger partial charge in [0.15, 0.2) is 0 Å². The van der Waals surface area contributed by atoms with Crippen LogP contribution in [-0.2, 0) is 4.79 Å². The summed E-state index contributed by atoms with van der Waals surface area (Å²) in [6, 6.07) is 0. The molecule has 0 N–H and O–H groups in total. The molecule has 0 rings (SSSR count). The van der Waals surface area contributed by atoms with Gasteiger partial charge >= 0.3 is 0 Å². The van der Waals surface area contributed by atoms with Crippen LogP contribution in [0.1, 0.15) is 0 Å². The molecule has 0 atom stereocenters. The number of carbonyl (C=O) groups excluding carboxylic acids is 1. The van der Waals surface area contributed by atoms with Crippen LogP contribution in [-0.4, -0.2) is 5.94 Å². The lowest BCUT2D eigenvalue weighted by atomic mass is 10.5. The molecular weight excluding hydrogens is 76.1 g/mol. The lowest BCUT2D eigenvalue weighted by Gasteiger charge is -1.54. The average molecular weight is 81.1 g/mol. The summed E-state index contributed by atoms with van der Waals surface area (Å²) in [5.74, 6) is 1.57. The molecule has 0 spiro atoms. The van der Waals surface area contributed by atoms with E-state index in [1.165, 1.54) is 18.2 Å². The van der Waals surface area contributed by atoms with E-state index >= 15 is 0 Å². The second-order valence-corrected chi connectivity index (χ2v) is 0.713. The molecule has 0 aliphatic rings. The van der Waals surface area contributed by atoms with Gasteiger partial charge in [0.2, 0.25) is 0 Å². The van der Waals surface area contributed by atoms with Gasteiger partial charge in [0.25, 0.3) is 0 Å². The Labute approximate surface area is 37.0 Å². The summed E-state index contributed by atoms with van der Waals surface area (Å²) < 4.78 is 0. The number of allylic oxidation sites excluding steroid dienone is 3. The summed E-state index contributed by atoms with van der Waals surface area (Å²) in [5, 5.41) is 0. The van der Waals surface area contributed by atoms with Gasteiger partial charge in [-0.25, -0.2) is 4.79 Å². The zero-order chi connectivity index (χ0) is 4.83. The topological polar surface area (TPSA) is 17.1 Å². The van der Waals surface area contributed by atoms with E-state index in [0.717, 1.165) is 0 Å². The Bertz CT molecular complexity index is 86.1. The second-order valence-electron chi connectivity index (χ2n) is 0.713. The Balaban J connectivity index is 3.33. The third-order valence-electron chi connectivity index (χ3n) is 0.300. The largest absolute Gasteiger partial charge is 0.234 e. The molecule has 0 aromatic rings. The van der Waals surface area contributed by atoms with Crippen LogP contribution in [0.5, 0.6) is 0 Å². The zero-order valence-electron chi connectivity index (χ0n) is 3.35. The predicted molar refractivity (Wildman–Crippen MR) is 24.8 cm³/mol. The number of hydrogen-bond acceptors (Lipinski definition) is 1. The fourth-order valence-electron chi connectivity index (χ4n) is 0.107. The van der Waals surface area contributed by atoms with Crippen LogP contribution in [0.4, 0.5) is 0 Å². The third kappa shape index (κ3) is 3.19. The van der Waals surface area contributed by atoms with Gasteiger partial charge in [-0.1, -0.05) is 12.2 Å². The van der Waals surface area contributed by atoms with Gasteiger partial charge in [0.05, 0.1) is 0 Å². The van der Waals surface area contributed by atoms with Crippen LogP contribution < -0.4 is 0 Å². The van der Waals surface area contributed by atoms with Crippen LogP contribution in [0.15, 0.2) is 18.2 Å². The van der Waals surface area contributed by atoms with Crippen molar-refractivity contribution in [1.29, 1.82) is 0 Å². The summed E-state index contributed by atoms with van der Waals surface area (Å²) in [6.45, 7) is 3.33. The maximum Gasteiger partial charge on any atom is 0.124 e. The van der Waals surface area contributed by atoms with Crippen molar-refractivity contribution in [2.45, 2.75) is 0 Å². The molecule has 0 aromatic carbocycles. The highest BCUT2D eigenvalue weighted by molar-refractivity contribution is 5.48. The third-order valence-corrected chi connectivity index (χ3v) is 0.300. The van der Waals surface area contributed by atoms with E-state index in [-0.39, 0.29) is 0 Å². The first-order valence-electron chi connectivity index (χ1n) is 1.57. The van der Waals surface area contributed by atoms with Crippen molar-refractivity contribution in [2.75, 3.05) is 0 Å². The first kappa shape index (κ1) is 5.19. The summed E-state index contributed by atoms with van der Waals surface area (Å²) in [4.78, 5) is 9.30. The van der Waals surface area contributed by atoms with Crippen molar-refractivity contribution in [3.05, 3.63) is 25.2 Å².